The highest BCUT2D eigenvalue weighted by atomic mass is 16.5. The van der Waals surface area contributed by atoms with Crippen LogP contribution in [0.2, 0.25) is 0 Å². The van der Waals surface area contributed by atoms with Gasteiger partial charge in [-0.05, 0) is 42.5 Å². The van der Waals surface area contributed by atoms with Crippen molar-refractivity contribution in [1.29, 1.82) is 5.26 Å². The Bertz CT molecular complexity index is 602. The second-order valence-corrected chi connectivity index (χ2v) is 4.90. The van der Waals surface area contributed by atoms with E-state index in [1.54, 1.807) is 6.07 Å². The molecule has 1 N–H and O–H groups in total. The topological polar surface area (TPSA) is 79.2 Å². The number of hydrogen-bond donors (Lipinski definition) is 1. The third-order valence-corrected chi connectivity index (χ3v) is 3.61. The molecule has 1 amide bonds. The standard InChI is InChI=1S/C15H16N2O3/c1-9-3-14(20-8-15(19)17-2)13(6-16)12-5-10(7-18)4-11(9)12/h3,7,10H,4-5,8H2,1-2H3,(H,17,19). The van der Waals surface area contributed by atoms with Crippen LogP contribution in [0.3, 0.4) is 0 Å². The SMILES string of the molecule is CNC(=O)COc1cc(C)c2c(c1C#N)CC(C=O)C2. The molecule has 5 nitrogen and oxygen atoms in total. The van der Waals surface area contributed by atoms with Crippen LogP contribution in [0.4, 0.5) is 0 Å². The van der Waals surface area contributed by atoms with E-state index in [4.69, 9.17) is 4.74 Å². The number of fused-ring (bicyclic) bond motifs is 1. The molecule has 1 aliphatic rings. The van der Waals surface area contributed by atoms with E-state index >= 15 is 0 Å². The van der Waals surface area contributed by atoms with Crippen molar-refractivity contribution in [3.63, 3.8) is 0 Å². The number of nitrogens with zero attached hydrogens (tertiary/aromatic N) is 1. The van der Waals surface area contributed by atoms with E-state index in [-0.39, 0.29) is 18.4 Å². The van der Waals surface area contributed by atoms with Gasteiger partial charge >= 0.3 is 0 Å². The Morgan fingerprint density at radius 1 is 1.55 bits per heavy atom. The summed E-state index contributed by atoms with van der Waals surface area (Å²) in [4.78, 5) is 22.2. The van der Waals surface area contributed by atoms with Crippen LogP contribution < -0.4 is 10.1 Å². The highest BCUT2D eigenvalue weighted by molar-refractivity contribution is 5.77. The number of benzene rings is 1. The zero-order chi connectivity index (χ0) is 14.7. The predicted molar refractivity (Wildman–Crippen MR) is 72.4 cm³/mol. The summed E-state index contributed by atoms with van der Waals surface area (Å²) < 4.78 is 5.43. The van der Waals surface area contributed by atoms with Crippen molar-refractivity contribution in [1.82, 2.24) is 5.32 Å². The van der Waals surface area contributed by atoms with Crippen LogP contribution in [0.5, 0.6) is 5.75 Å². The molecule has 0 fully saturated rings. The van der Waals surface area contributed by atoms with Crippen molar-refractivity contribution in [3.05, 3.63) is 28.3 Å². The van der Waals surface area contributed by atoms with Crippen LogP contribution in [-0.2, 0) is 22.4 Å². The summed E-state index contributed by atoms with van der Waals surface area (Å²) in [6, 6.07) is 3.91. The Balaban J connectivity index is 2.36. The number of likely N-dealkylation sites (N-methyl/N-ethyl adjacent to an activating group) is 1. The summed E-state index contributed by atoms with van der Waals surface area (Å²) in [5.74, 6) is 0.0988. The van der Waals surface area contributed by atoms with Gasteiger partial charge in [-0.15, -0.1) is 0 Å². The fourth-order valence-corrected chi connectivity index (χ4v) is 2.55. The van der Waals surface area contributed by atoms with Crippen molar-refractivity contribution in [2.75, 3.05) is 13.7 Å². The average Bonchev–Trinajstić information content (AvgIpc) is 2.89. The molecule has 0 aromatic heterocycles. The Labute approximate surface area is 117 Å². The first-order chi connectivity index (χ1) is 9.60. The van der Waals surface area contributed by atoms with E-state index in [0.717, 1.165) is 23.0 Å². The van der Waals surface area contributed by atoms with Crippen molar-refractivity contribution < 1.29 is 14.3 Å². The van der Waals surface area contributed by atoms with Gasteiger partial charge in [-0.2, -0.15) is 5.26 Å². The van der Waals surface area contributed by atoms with Crippen molar-refractivity contribution in [2.24, 2.45) is 5.92 Å². The van der Waals surface area contributed by atoms with E-state index in [0.29, 0.717) is 24.2 Å². The summed E-state index contributed by atoms with van der Waals surface area (Å²) >= 11 is 0. The number of amides is 1. The number of nitrogens with one attached hydrogen (secondary N) is 1. The average molecular weight is 272 g/mol. The van der Waals surface area contributed by atoms with Gasteiger partial charge < -0.3 is 14.8 Å². The van der Waals surface area contributed by atoms with Crippen LogP contribution in [0.1, 0.15) is 22.3 Å². The Kier molecular flexibility index (Phi) is 4.04. The highest BCUT2D eigenvalue weighted by Crippen LogP contribution is 2.36. The van der Waals surface area contributed by atoms with Crippen LogP contribution in [0.25, 0.3) is 0 Å². The van der Waals surface area contributed by atoms with Crippen LogP contribution in [0, 0.1) is 24.2 Å². The van der Waals surface area contributed by atoms with Crippen LogP contribution in [0.15, 0.2) is 6.07 Å². The van der Waals surface area contributed by atoms with Crippen LogP contribution >= 0.6 is 0 Å². The van der Waals surface area contributed by atoms with Gasteiger partial charge in [-0.3, -0.25) is 4.79 Å². The van der Waals surface area contributed by atoms with Gasteiger partial charge in [0.2, 0.25) is 0 Å². The highest BCUT2D eigenvalue weighted by Gasteiger charge is 2.27. The largest absolute Gasteiger partial charge is 0.482 e. The Morgan fingerprint density at radius 3 is 2.85 bits per heavy atom. The number of hydrogen-bond acceptors (Lipinski definition) is 4. The zero-order valence-corrected chi connectivity index (χ0v) is 11.5. The lowest BCUT2D eigenvalue weighted by atomic mass is 9.98. The molecule has 1 atom stereocenters. The van der Waals surface area contributed by atoms with Gasteiger partial charge in [-0.25, -0.2) is 0 Å². The lowest BCUT2D eigenvalue weighted by Crippen LogP contribution is -2.25. The maximum absolute atomic E-state index is 11.2. The Morgan fingerprint density at radius 2 is 2.25 bits per heavy atom. The predicted octanol–water partition coefficient (Wildman–Crippen LogP) is 0.905. The molecule has 104 valence electrons. The summed E-state index contributed by atoms with van der Waals surface area (Å²) in [5, 5.41) is 11.8. The minimum absolute atomic E-state index is 0.0648. The summed E-state index contributed by atoms with van der Waals surface area (Å²) in [5.41, 5.74) is 3.39. The molecule has 1 aromatic carbocycles. The van der Waals surface area contributed by atoms with E-state index in [1.165, 1.54) is 7.05 Å². The Hall–Kier alpha value is -2.35. The summed E-state index contributed by atoms with van der Waals surface area (Å²) in [7, 11) is 1.53. The number of aryl methyl sites for hydroxylation is 1. The maximum atomic E-state index is 11.2. The second-order valence-electron chi connectivity index (χ2n) is 4.90. The van der Waals surface area contributed by atoms with Gasteiger partial charge in [-0.1, -0.05) is 0 Å². The first-order valence-corrected chi connectivity index (χ1v) is 6.44. The molecule has 0 radical (unpaired) electrons. The third kappa shape index (κ3) is 2.50. The smallest absolute Gasteiger partial charge is 0.257 e. The fraction of sp³-hybridized carbons (Fsp3) is 0.400. The minimum atomic E-state index is -0.252. The van der Waals surface area contributed by atoms with E-state index in [9.17, 15) is 14.9 Å². The molecule has 0 bridgehead atoms. The monoisotopic (exact) mass is 272 g/mol. The normalized spacial score (nSPS) is 16.1. The molecule has 5 heteroatoms. The quantitative estimate of drug-likeness (QED) is 0.826. The van der Waals surface area contributed by atoms with Gasteiger partial charge in [0.05, 0.1) is 5.56 Å². The number of carbonyl (C=O) groups is 2. The lowest BCUT2D eigenvalue weighted by Gasteiger charge is -2.12. The fourth-order valence-electron chi connectivity index (χ4n) is 2.55. The van der Waals surface area contributed by atoms with E-state index in [2.05, 4.69) is 11.4 Å². The molecule has 1 aliphatic carbocycles. The summed E-state index contributed by atoms with van der Waals surface area (Å²) in [6.45, 7) is 1.81. The number of aldehydes is 1. The number of nitriles is 1. The number of rotatable bonds is 4. The van der Waals surface area contributed by atoms with Crippen molar-refractivity contribution in [2.45, 2.75) is 19.8 Å². The van der Waals surface area contributed by atoms with Gasteiger partial charge in [0.15, 0.2) is 6.61 Å². The lowest BCUT2D eigenvalue weighted by molar-refractivity contribution is -0.122. The molecular formula is C15H16N2O3. The van der Waals surface area contributed by atoms with Crippen molar-refractivity contribution in [3.8, 4) is 11.8 Å². The molecule has 0 heterocycles. The molecule has 1 unspecified atom stereocenters. The first-order valence-electron chi connectivity index (χ1n) is 6.44. The second kappa shape index (κ2) is 5.74. The molecule has 0 saturated heterocycles. The molecular weight excluding hydrogens is 256 g/mol. The molecule has 0 aliphatic heterocycles. The van der Waals surface area contributed by atoms with Gasteiger partial charge in [0, 0.05) is 13.0 Å². The maximum Gasteiger partial charge on any atom is 0.257 e. The number of ether oxygens (including phenoxy) is 1. The summed E-state index contributed by atoms with van der Waals surface area (Å²) in [6.07, 6.45) is 2.18. The molecule has 20 heavy (non-hydrogen) atoms. The van der Waals surface area contributed by atoms with Crippen molar-refractivity contribution >= 4 is 12.2 Å². The van der Waals surface area contributed by atoms with Gasteiger partial charge in [0.25, 0.3) is 5.91 Å². The third-order valence-electron chi connectivity index (χ3n) is 3.61. The molecule has 0 saturated carbocycles. The number of carbonyl (C=O) groups excluding carboxylic acids is 2. The van der Waals surface area contributed by atoms with E-state index < -0.39 is 0 Å². The molecule has 1 aromatic rings. The first kappa shape index (κ1) is 14.1. The van der Waals surface area contributed by atoms with Crippen LogP contribution in [-0.4, -0.2) is 25.8 Å². The zero-order valence-electron chi connectivity index (χ0n) is 11.5. The van der Waals surface area contributed by atoms with E-state index in [1.807, 2.05) is 6.92 Å². The van der Waals surface area contributed by atoms with Gasteiger partial charge in [0.1, 0.15) is 18.1 Å². The molecule has 2 rings (SSSR count). The minimum Gasteiger partial charge on any atom is -0.482 e. The molecule has 0 spiro atoms.